The Hall–Kier alpha value is -1.71. The predicted molar refractivity (Wildman–Crippen MR) is 73.5 cm³/mol. The number of anilines is 1. The van der Waals surface area contributed by atoms with Crippen LogP contribution in [0, 0.1) is 22.6 Å². The summed E-state index contributed by atoms with van der Waals surface area (Å²) in [4.78, 5) is 26.7. The summed E-state index contributed by atoms with van der Waals surface area (Å²) in [5.41, 5.74) is -0.559. The van der Waals surface area contributed by atoms with Gasteiger partial charge in [-0.15, -0.1) is 0 Å². The summed E-state index contributed by atoms with van der Waals surface area (Å²) in [6, 6.07) is 5.69. The standard InChI is InChI=1S/C16H18FNO2/c1-15(2)12-7-8-16(15,3)14(20)18(13(12)19)11-6-4-5-10(17)9-11/h4-6,9,12H,7-8H2,1-3H3/t12-,16-/m1/s1. The van der Waals surface area contributed by atoms with Crippen molar-refractivity contribution in [2.24, 2.45) is 16.7 Å². The molecule has 2 aliphatic rings. The zero-order valence-electron chi connectivity index (χ0n) is 11.9. The first-order chi connectivity index (χ1) is 9.29. The lowest BCUT2D eigenvalue weighted by molar-refractivity contribution is -0.146. The Balaban J connectivity index is 2.12. The summed E-state index contributed by atoms with van der Waals surface area (Å²) in [7, 11) is 0. The molecule has 1 saturated heterocycles. The highest BCUT2D eigenvalue weighted by Gasteiger charge is 2.64. The second kappa shape index (κ2) is 3.90. The zero-order valence-corrected chi connectivity index (χ0v) is 11.9. The summed E-state index contributed by atoms with van der Waals surface area (Å²) in [6.45, 7) is 5.90. The van der Waals surface area contributed by atoms with Crippen molar-refractivity contribution in [1.29, 1.82) is 0 Å². The van der Waals surface area contributed by atoms with Crippen LogP contribution >= 0.6 is 0 Å². The lowest BCUT2D eigenvalue weighted by Crippen LogP contribution is -2.59. The maximum Gasteiger partial charge on any atom is 0.240 e. The highest BCUT2D eigenvalue weighted by Crippen LogP contribution is 2.60. The van der Waals surface area contributed by atoms with E-state index in [2.05, 4.69) is 0 Å². The van der Waals surface area contributed by atoms with E-state index in [1.165, 1.54) is 23.1 Å². The molecule has 2 fully saturated rings. The van der Waals surface area contributed by atoms with Crippen LogP contribution in [0.15, 0.2) is 24.3 Å². The summed E-state index contributed by atoms with van der Waals surface area (Å²) in [5, 5.41) is 0. The fourth-order valence-corrected chi connectivity index (χ4v) is 3.68. The molecule has 2 atom stereocenters. The molecule has 3 nitrogen and oxygen atoms in total. The van der Waals surface area contributed by atoms with E-state index < -0.39 is 11.2 Å². The van der Waals surface area contributed by atoms with Crippen LogP contribution < -0.4 is 4.90 Å². The molecule has 1 heterocycles. The fraction of sp³-hybridized carbons (Fsp3) is 0.500. The monoisotopic (exact) mass is 275 g/mol. The van der Waals surface area contributed by atoms with Crippen molar-refractivity contribution in [3.8, 4) is 0 Å². The van der Waals surface area contributed by atoms with Gasteiger partial charge in [0, 0.05) is 5.92 Å². The van der Waals surface area contributed by atoms with Gasteiger partial charge in [-0.05, 0) is 36.5 Å². The second-order valence-corrected chi connectivity index (χ2v) is 6.60. The van der Waals surface area contributed by atoms with E-state index in [1.54, 1.807) is 6.07 Å². The summed E-state index contributed by atoms with van der Waals surface area (Å²) in [6.07, 6.45) is 1.43. The van der Waals surface area contributed by atoms with Crippen molar-refractivity contribution in [2.45, 2.75) is 33.6 Å². The molecular formula is C16H18FNO2. The maximum absolute atomic E-state index is 13.4. The molecule has 4 heteroatoms. The van der Waals surface area contributed by atoms with Crippen molar-refractivity contribution in [3.05, 3.63) is 30.1 Å². The molecule has 1 saturated carbocycles. The lowest BCUT2D eigenvalue weighted by atomic mass is 9.62. The number of nitrogens with zero attached hydrogens (tertiary/aromatic N) is 1. The van der Waals surface area contributed by atoms with Gasteiger partial charge in [-0.1, -0.05) is 26.8 Å². The van der Waals surface area contributed by atoms with Crippen LogP contribution in [0.25, 0.3) is 0 Å². The van der Waals surface area contributed by atoms with Gasteiger partial charge < -0.3 is 0 Å². The molecule has 0 unspecified atom stereocenters. The van der Waals surface area contributed by atoms with E-state index in [1.807, 2.05) is 20.8 Å². The number of imide groups is 1. The smallest absolute Gasteiger partial charge is 0.240 e. The average Bonchev–Trinajstić information content (AvgIpc) is 2.54. The van der Waals surface area contributed by atoms with Gasteiger partial charge in [-0.2, -0.15) is 0 Å². The average molecular weight is 275 g/mol. The number of fused-ring (bicyclic) bond motifs is 2. The number of halogens is 1. The molecular weight excluding hydrogens is 257 g/mol. The summed E-state index contributed by atoms with van der Waals surface area (Å²) in [5.74, 6) is -1.01. The van der Waals surface area contributed by atoms with Crippen molar-refractivity contribution < 1.29 is 14.0 Å². The van der Waals surface area contributed by atoms with Crippen molar-refractivity contribution in [3.63, 3.8) is 0 Å². The third kappa shape index (κ3) is 1.45. The molecule has 0 aromatic heterocycles. The zero-order chi connectivity index (χ0) is 14.7. The van der Waals surface area contributed by atoms with Crippen LogP contribution in [0.3, 0.4) is 0 Å². The van der Waals surface area contributed by atoms with Crippen molar-refractivity contribution in [1.82, 2.24) is 0 Å². The number of carbonyl (C=O) groups excluding carboxylic acids is 2. The molecule has 0 N–H and O–H groups in total. The molecule has 2 bridgehead atoms. The number of amides is 2. The molecule has 3 rings (SSSR count). The van der Waals surface area contributed by atoms with Crippen molar-refractivity contribution >= 4 is 17.5 Å². The molecule has 20 heavy (non-hydrogen) atoms. The molecule has 2 amide bonds. The first-order valence-corrected chi connectivity index (χ1v) is 6.93. The summed E-state index contributed by atoms with van der Waals surface area (Å²) < 4.78 is 13.4. The molecule has 1 aliphatic carbocycles. The van der Waals surface area contributed by atoms with Crippen LogP contribution in [0.2, 0.25) is 0 Å². The second-order valence-electron chi connectivity index (χ2n) is 6.60. The number of piperidine rings is 1. The van der Waals surface area contributed by atoms with E-state index in [4.69, 9.17) is 0 Å². The number of carbonyl (C=O) groups is 2. The SMILES string of the molecule is CC1(C)[C@@H]2CC[C@]1(C)C(=O)N(c1cccc(F)c1)C2=O. The van der Waals surface area contributed by atoms with Crippen LogP contribution in [0.5, 0.6) is 0 Å². The van der Waals surface area contributed by atoms with Crippen molar-refractivity contribution in [2.75, 3.05) is 4.90 Å². The van der Waals surface area contributed by atoms with Crippen LogP contribution in [0.1, 0.15) is 33.6 Å². The number of hydrogen-bond acceptors (Lipinski definition) is 2. The van der Waals surface area contributed by atoms with Gasteiger partial charge in [-0.3, -0.25) is 9.59 Å². The van der Waals surface area contributed by atoms with Gasteiger partial charge in [0.05, 0.1) is 11.1 Å². The van der Waals surface area contributed by atoms with Crippen LogP contribution in [-0.4, -0.2) is 11.8 Å². The fourth-order valence-electron chi connectivity index (χ4n) is 3.68. The molecule has 1 aromatic rings. The molecule has 1 aliphatic heterocycles. The van der Waals surface area contributed by atoms with Crippen LogP contribution in [-0.2, 0) is 9.59 Å². The minimum absolute atomic E-state index is 0.173. The normalized spacial score (nSPS) is 31.8. The first kappa shape index (κ1) is 13.3. The van der Waals surface area contributed by atoms with E-state index in [0.717, 1.165) is 6.42 Å². The van der Waals surface area contributed by atoms with E-state index in [0.29, 0.717) is 12.1 Å². The molecule has 0 radical (unpaired) electrons. The Bertz CT molecular complexity index is 610. The Kier molecular flexibility index (Phi) is 2.59. The predicted octanol–water partition coefficient (Wildman–Crippen LogP) is 3.14. The minimum atomic E-state index is -0.558. The number of rotatable bonds is 1. The highest BCUT2D eigenvalue weighted by molar-refractivity contribution is 6.20. The van der Waals surface area contributed by atoms with Crippen LogP contribution in [0.4, 0.5) is 10.1 Å². The van der Waals surface area contributed by atoms with E-state index >= 15 is 0 Å². The Morgan fingerprint density at radius 2 is 1.95 bits per heavy atom. The Labute approximate surface area is 117 Å². The largest absolute Gasteiger partial charge is 0.274 e. The first-order valence-electron chi connectivity index (χ1n) is 6.93. The molecule has 1 aromatic carbocycles. The van der Waals surface area contributed by atoms with Gasteiger partial charge in [-0.25, -0.2) is 9.29 Å². The number of hydrogen-bond donors (Lipinski definition) is 0. The van der Waals surface area contributed by atoms with Gasteiger partial charge in [0.15, 0.2) is 0 Å². The number of benzene rings is 1. The third-order valence-corrected chi connectivity index (χ3v) is 5.49. The van der Waals surface area contributed by atoms with E-state index in [9.17, 15) is 14.0 Å². The summed E-state index contributed by atoms with van der Waals surface area (Å²) >= 11 is 0. The van der Waals surface area contributed by atoms with E-state index in [-0.39, 0.29) is 23.1 Å². The Morgan fingerprint density at radius 1 is 1.25 bits per heavy atom. The van der Waals surface area contributed by atoms with Gasteiger partial charge in [0.25, 0.3) is 0 Å². The molecule has 0 spiro atoms. The molecule has 106 valence electrons. The van der Waals surface area contributed by atoms with Gasteiger partial charge >= 0.3 is 0 Å². The lowest BCUT2D eigenvalue weighted by Gasteiger charge is -2.47. The topological polar surface area (TPSA) is 37.4 Å². The maximum atomic E-state index is 13.4. The third-order valence-electron chi connectivity index (χ3n) is 5.49. The minimum Gasteiger partial charge on any atom is -0.274 e. The highest BCUT2D eigenvalue weighted by atomic mass is 19.1. The Morgan fingerprint density at radius 3 is 2.60 bits per heavy atom. The van der Waals surface area contributed by atoms with Gasteiger partial charge in [0.1, 0.15) is 5.82 Å². The quantitative estimate of drug-likeness (QED) is 0.738. The van der Waals surface area contributed by atoms with Gasteiger partial charge in [0.2, 0.25) is 11.8 Å².